The second-order valence-corrected chi connectivity index (χ2v) is 4.69. The molecule has 0 saturated heterocycles. The normalized spacial score (nSPS) is 14.9. The Morgan fingerprint density at radius 2 is 2.00 bits per heavy atom. The number of hydrogen-bond donors (Lipinski definition) is 2. The summed E-state index contributed by atoms with van der Waals surface area (Å²) in [6, 6.07) is 8.49. The number of halogens is 1. The van der Waals surface area contributed by atoms with E-state index in [4.69, 9.17) is 5.11 Å². The van der Waals surface area contributed by atoms with E-state index in [9.17, 15) is 0 Å². The Bertz CT molecular complexity index is 301. The molecule has 0 aliphatic rings. The summed E-state index contributed by atoms with van der Waals surface area (Å²) in [6.07, 6.45) is 0.554. The number of hydrogen-bond acceptors (Lipinski definition) is 2. The first-order valence-corrected chi connectivity index (χ1v) is 6.06. The van der Waals surface area contributed by atoms with Gasteiger partial charge in [-0.25, -0.2) is 0 Å². The van der Waals surface area contributed by atoms with Crippen LogP contribution in [0.4, 0.5) is 0 Å². The first-order chi connectivity index (χ1) is 7.11. The summed E-state index contributed by atoms with van der Waals surface area (Å²) in [5.74, 6) is 0. The fourth-order valence-electron chi connectivity index (χ4n) is 1.44. The van der Waals surface area contributed by atoms with Crippen molar-refractivity contribution in [1.29, 1.82) is 0 Å². The van der Waals surface area contributed by atoms with Crippen molar-refractivity contribution >= 4 is 15.9 Å². The standard InChI is InChI=1S/C12H18BrNO/c1-9(15)7-8-14-10(2)11-5-3-4-6-12(11)13/h3-6,9-10,14-15H,7-8H2,1-2H3/t9?,10-/m0/s1. The number of aliphatic hydroxyl groups is 1. The van der Waals surface area contributed by atoms with Crippen LogP contribution in [-0.2, 0) is 0 Å². The van der Waals surface area contributed by atoms with E-state index in [1.165, 1.54) is 5.56 Å². The summed E-state index contributed by atoms with van der Waals surface area (Å²) in [5.41, 5.74) is 1.25. The Kier molecular flexibility index (Phi) is 5.29. The lowest BCUT2D eigenvalue weighted by molar-refractivity contribution is 0.182. The molecule has 0 aliphatic heterocycles. The van der Waals surface area contributed by atoms with Crippen LogP contribution < -0.4 is 5.32 Å². The lowest BCUT2D eigenvalue weighted by Crippen LogP contribution is -2.22. The second kappa shape index (κ2) is 6.26. The molecule has 0 amide bonds. The fourth-order valence-corrected chi connectivity index (χ4v) is 2.07. The minimum Gasteiger partial charge on any atom is -0.393 e. The van der Waals surface area contributed by atoms with E-state index in [2.05, 4.69) is 34.2 Å². The first kappa shape index (κ1) is 12.7. The summed E-state index contributed by atoms with van der Waals surface area (Å²) in [6.45, 7) is 4.77. The molecule has 15 heavy (non-hydrogen) atoms. The van der Waals surface area contributed by atoms with Gasteiger partial charge in [-0.2, -0.15) is 0 Å². The van der Waals surface area contributed by atoms with Gasteiger partial charge < -0.3 is 10.4 Å². The van der Waals surface area contributed by atoms with Crippen LogP contribution in [0.5, 0.6) is 0 Å². The van der Waals surface area contributed by atoms with Crippen molar-refractivity contribution in [3.05, 3.63) is 34.3 Å². The SMILES string of the molecule is CC(O)CCN[C@@H](C)c1ccccc1Br. The Morgan fingerprint density at radius 3 is 2.60 bits per heavy atom. The minimum absolute atomic E-state index is 0.232. The molecular formula is C12H18BrNO. The van der Waals surface area contributed by atoms with E-state index in [0.29, 0.717) is 6.04 Å². The van der Waals surface area contributed by atoms with Gasteiger partial charge in [0.15, 0.2) is 0 Å². The third-order valence-electron chi connectivity index (χ3n) is 2.38. The molecule has 0 heterocycles. The lowest BCUT2D eigenvalue weighted by atomic mass is 10.1. The van der Waals surface area contributed by atoms with E-state index < -0.39 is 0 Å². The number of benzene rings is 1. The maximum absolute atomic E-state index is 9.14. The van der Waals surface area contributed by atoms with Crippen LogP contribution in [0.1, 0.15) is 31.9 Å². The van der Waals surface area contributed by atoms with Gasteiger partial charge in [-0.1, -0.05) is 34.1 Å². The molecule has 2 atom stereocenters. The molecule has 1 aromatic rings. The van der Waals surface area contributed by atoms with Crippen molar-refractivity contribution in [1.82, 2.24) is 5.32 Å². The highest BCUT2D eigenvalue weighted by Crippen LogP contribution is 2.22. The van der Waals surface area contributed by atoms with Crippen LogP contribution in [0, 0.1) is 0 Å². The van der Waals surface area contributed by atoms with Crippen molar-refractivity contribution in [2.75, 3.05) is 6.54 Å². The van der Waals surface area contributed by atoms with Crippen molar-refractivity contribution in [2.24, 2.45) is 0 Å². The largest absolute Gasteiger partial charge is 0.393 e. The van der Waals surface area contributed by atoms with Crippen LogP contribution in [0.25, 0.3) is 0 Å². The van der Waals surface area contributed by atoms with E-state index in [-0.39, 0.29) is 6.10 Å². The Hall–Kier alpha value is -0.380. The molecule has 1 rings (SSSR count). The maximum Gasteiger partial charge on any atom is 0.0524 e. The zero-order chi connectivity index (χ0) is 11.3. The molecule has 1 aromatic carbocycles. The summed E-state index contributed by atoms with van der Waals surface area (Å²) < 4.78 is 1.13. The van der Waals surface area contributed by atoms with Crippen LogP contribution in [0.3, 0.4) is 0 Å². The van der Waals surface area contributed by atoms with Gasteiger partial charge in [0.1, 0.15) is 0 Å². The molecule has 2 N–H and O–H groups in total. The average Bonchev–Trinajstić information content (AvgIpc) is 2.17. The molecule has 0 spiro atoms. The third kappa shape index (κ3) is 4.33. The third-order valence-corrected chi connectivity index (χ3v) is 3.11. The number of aliphatic hydroxyl groups excluding tert-OH is 1. The van der Waals surface area contributed by atoms with Gasteiger partial charge in [-0.05, 0) is 38.4 Å². The van der Waals surface area contributed by atoms with Gasteiger partial charge >= 0.3 is 0 Å². The van der Waals surface area contributed by atoms with E-state index in [0.717, 1.165) is 17.4 Å². The van der Waals surface area contributed by atoms with Gasteiger partial charge in [-0.3, -0.25) is 0 Å². The first-order valence-electron chi connectivity index (χ1n) is 5.27. The van der Waals surface area contributed by atoms with Crippen LogP contribution in [0.15, 0.2) is 28.7 Å². The molecule has 0 aliphatic carbocycles. The smallest absolute Gasteiger partial charge is 0.0524 e. The Morgan fingerprint density at radius 1 is 1.33 bits per heavy atom. The molecule has 1 unspecified atom stereocenters. The molecule has 2 nitrogen and oxygen atoms in total. The second-order valence-electron chi connectivity index (χ2n) is 3.84. The lowest BCUT2D eigenvalue weighted by Gasteiger charge is -2.16. The van der Waals surface area contributed by atoms with Crippen LogP contribution in [-0.4, -0.2) is 17.8 Å². The zero-order valence-corrected chi connectivity index (χ0v) is 10.8. The van der Waals surface area contributed by atoms with Gasteiger partial charge in [0, 0.05) is 10.5 Å². The quantitative estimate of drug-likeness (QED) is 0.863. The molecule has 0 aromatic heterocycles. The highest BCUT2D eigenvalue weighted by molar-refractivity contribution is 9.10. The molecular weight excluding hydrogens is 254 g/mol. The van der Waals surface area contributed by atoms with Gasteiger partial charge in [0.05, 0.1) is 6.10 Å². The topological polar surface area (TPSA) is 32.3 Å². The van der Waals surface area contributed by atoms with Crippen LogP contribution >= 0.6 is 15.9 Å². The van der Waals surface area contributed by atoms with E-state index in [1.807, 2.05) is 25.1 Å². The van der Waals surface area contributed by atoms with Crippen molar-refractivity contribution in [3.63, 3.8) is 0 Å². The number of rotatable bonds is 5. The molecule has 0 bridgehead atoms. The summed E-state index contributed by atoms with van der Waals surface area (Å²) in [4.78, 5) is 0. The van der Waals surface area contributed by atoms with Gasteiger partial charge in [0.2, 0.25) is 0 Å². The predicted octanol–water partition coefficient (Wildman–Crippen LogP) is 2.87. The van der Waals surface area contributed by atoms with Gasteiger partial charge in [-0.15, -0.1) is 0 Å². The fraction of sp³-hybridized carbons (Fsp3) is 0.500. The molecule has 0 fully saturated rings. The highest BCUT2D eigenvalue weighted by atomic mass is 79.9. The summed E-state index contributed by atoms with van der Waals surface area (Å²) >= 11 is 3.53. The molecule has 0 saturated carbocycles. The monoisotopic (exact) mass is 271 g/mol. The summed E-state index contributed by atoms with van der Waals surface area (Å²) in [7, 11) is 0. The number of nitrogens with one attached hydrogen (secondary N) is 1. The van der Waals surface area contributed by atoms with E-state index in [1.54, 1.807) is 0 Å². The van der Waals surface area contributed by atoms with Crippen LogP contribution in [0.2, 0.25) is 0 Å². The summed E-state index contributed by atoms with van der Waals surface area (Å²) in [5, 5.41) is 12.5. The van der Waals surface area contributed by atoms with Crippen molar-refractivity contribution < 1.29 is 5.11 Å². The van der Waals surface area contributed by atoms with E-state index >= 15 is 0 Å². The maximum atomic E-state index is 9.14. The predicted molar refractivity (Wildman–Crippen MR) is 66.9 cm³/mol. The zero-order valence-electron chi connectivity index (χ0n) is 9.20. The molecule has 3 heteroatoms. The molecule has 0 radical (unpaired) electrons. The highest BCUT2D eigenvalue weighted by Gasteiger charge is 2.07. The average molecular weight is 272 g/mol. The van der Waals surface area contributed by atoms with Crippen molar-refractivity contribution in [3.8, 4) is 0 Å². The minimum atomic E-state index is -0.232. The Balaban J connectivity index is 2.47. The molecule has 84 valence electrons. The van der Waals surface area contributed by atoms with Crippen molar-refractivity contribution in [2.45, 2.75) is 32.4 Å². The Labute approximate surface area is 99.8 Å². The van der Waals surface area contributed by atoms with Gasteiger partial charge in [0.25, 0.3) is 0 Å².